The molecule has 4 aromatic carbocycles. The summed E-state index contributed by atoms with van der Waals surface area (Å²) in [6, 6.07) is 14.2. The van der Waals surface area contributed by atoms with Gasteiger partial charge in [0, 0.05) is 42.8 Å². The Morgan fingerprint density at radius 1 is 0.578 bits per heavy atom. The van der Waals surface area contributed by atoms with E-state index in [-0.39, 0.29) is 67.1 Å². The van der Waals surface area contributed by atoms with Crippen LogP contribution in [0.2, 0.25) is 0 Å². The van der Waals surface area contributed by atoms with Gasteiger partial charge in [0.15, 0.2) is 0 Å². The minimum Gasteiger partial charge on any atom is -0.507 e. The van der Waals surface area contributed by atoms with Crippen LogP contribution in [0.1, 0.15) is 54.4 Å². The molecular formula is C58H69IN10O18S3. The molecule has 0 aliphatic heterocycles. The number of nitrogens with one attached hydrogen (secondary N) is 9. The maximum atomic E-state index is 14.5. The van der Waals surface area contributed by atoms with Crippen LogP contribution in [0, 0.1) is 3.57 Å². The zero-order valence-electron chi connectivity index (χ0n) is 48.5. The fraction of sp³-hybridized carbons (Fsp3) is 0.362. The minimum atomic E-state index is -4.94. The molecule has 9 amide bonds. The Hall–Kier alpha value is -8.47. The van der Waals surface area contributed by atoms with E-state index in [1.165, 1.54) is 41.7 Å². The first-order valence-electron chi connectivity index (χ1n) is 27.6. The standard InChI is InChI=1S/C58H69IN10O18S3/c1-88-22-20-40(65-55(80)43(26-34-12-16-36(17-13-34)87-90(84,85)86)68-57(82)45(28-50(73)74)63-48(71)19-15-33-14-18-47(70)38(59)24-33)53(78)62-31-49(72)64-44(27-35-30-61-39-11-7-6-10-37(35)39)56(81)66-41(21-23-89-2)54(79)69-46(29-51(75)76)58(83)67-42(52(60)77)25-32-8-4-3-5-9-32/h3-14,16-18,24,30,40-46,61,70H,15,19-23,25-29,31H2,1-2H3,(H2,60,77)(H,62,78)(H,63,71)(H,64,72)(H,65,80)(H,66,81)(H,67,83)(H,68,82)(H,69,79)(H,73,74)(H,75,76)(H,84,85,86)/t40-,41-,42-,43-,44-,45-,46-/m0/s1. The summed E-state index contributed by atoms with van der Waals surface area (Å²) < 4.78 is 36.9. The minimum absolute atomic E-state index is 0.0195. The van der Waals surface area contributed by atoms with Gasteiger partial charge in [-0.2, -0.15) is 31.9 Å². The van der Waals surface area contributed by atoms with Crippen molar-refractivity contribution in [2.24, 2.45) is 5.73 Å². The lowest BCUT2D eigenvalue weighted by molar-refractivity contribution is -0.141. The van der Waals surface area contributed by atoms with E-state index in [2.05, 4.69) is 51.7 Å². The Morgan fingerprint density at radius 3 is 1.63 bits per heavy atom. The van der Waals surface area contributed by atoms with Crippen molar-refractivity contribution in [3.05, 3.63) is 129 Å². The molecule has 28 nitrogen and oxygen atoms in total. The lowest BCUT2D eigenvalue weighted by Crippen LogP contribution is -2.59. The largest absolute Gasteiger partial charge is 0.507 e. The Bertz CT molecular complexity index is 3490. The van der Waals surface area contributed by atoms with Crippen molar-refractivity contribution in [3.8, 4) is 11.5 Å². The van der Waals surface area contributed by atoms with E-state index in [0.717, 1.165) is 12.1 Å². The Labute approximate surface area is 539 Å². The van der Waals surface area contributed by atoms with Crippen molar-refractivity contribution >= 4 is 133 Å². The number of H-pyrrole nitrogens is 1. The first-order chi connectivity index (χ1) is 42.7. The number of aromatic nitrogens is 1. The van der Waals surface area contributed by atoms with Gasteiger partial charge in [-0.25, -0.2) is 0 Å². The number of carbonyl (C=O) groups excluding carboxylic acids is 9. The number of phenolic OH excluding ortho intramolecular Hbond substituents is 1. The number of benzene rings is 4. The number of para-hydroxylation sites is 1. The molecule has 484 valence electrons. The summed E-state index contributed by atoms with van der Waals surface area (Å²) in [4.78, 5) is 151. The van der Waals surface area contributed by atoms with Crippen molar-refractivity contribution in [2.75, 3.05) is 30.6 Å². The molecule has 5 aromatic rings. The third-order valence-corrected chi connectivity index (χ3v) is 16.1. The summed E-state index contributed by atoms with van der Waals surface area (Å²) in [5.74, 6) is -11.4. The SMILES string of the molecule is CSCC[C@H](NC(=O)[C@H](Cc1ccc(OS(=O)(=O)O)cc1)NC(=O)[C@H](CC(=O)O)NC(=O)CCc1ccc(O)c(I)c1)C(=O)NCC(=O)N[C@@H](Cc1c[nH]c2ccccc12)C(=O)N[C@@H](CCSC)C(=O)N[C@@H](CC(=O)O)C(=O)N[C@@H](Cc1ccccc1)C(N)=O. The smallest absolute Gasteiger partial charge is 0.446 e. The first kappa shape index (κ1) is 72.3. The number of hydrogen-bond acceptors (Lipinski definition) is 17. The highest BCUT2D eigenvalue weighted by atomic mass is 127. The normalized spacial score (nSPS) is 13.5. The van der Waals surface area contributed by atoms with Gasteiger partial charge in [-0.15, -0.1) is 0 Å². The number of rotatable bonds is 37. The lowest BCUT2D eigenvalue weighted by atomic mass is 10.0. The molecule has 90 heavy (non-hydrogen) atoms. The van der Waals surface area contributed by atoms with E-state index in [4.69, 9.17) is 5.73 Å². The van der Waals surface area contributed by atoms with E-state index >= 15 is 0 Å². The third-order valence-electron chi connectivity index (χ3n) is 13.5. The number of carboxylic acids is 2. The average Bonchev–Trinajstić information content (AvgIpc) is 1.88. The summed E-state index contributed by atoms with van der Waals surface area (Å²) in [5, 5.41) is 50.0. The van der Waals surface area contributed by atoms with Crippen LogP contribution in [0.3, 0.4) is 0 Å². The first-order valence-corrected chi connectivity index (χ1v) is 32.9. The van der Waals surface area contributed by atoms with Gasteiger partial charge < -0.3 is 72.8 Å². The number of thioether (sulfide) groups is 2. The maximum absolute atomic E-state index is 14.5. The highest BCUT2D eigenvalue weighted by Crippen LogP contribution is 2.22. The molecule has 0 spiro atoms. The Kier molecular flexibility index (Phi) is 28.6. The molecule has 0 bridgehead atoms. The zero-order chi connectivity index (χ0) is 66.1. The number of carboxylic acid groups (broad SMARTS) is 2. The Balaban J connectivity index is 1.35. The molecule has 0 fully saturated rings. The van der Waals surface area contributed by atoms with Crippen molar-refractivity contribution in [1.82, 2.24) is 47.5 Å². The van der Waals surface area contributed by atoms with Crippen LogP contribution in [0.5, 0.6) is 11.5 Å². The predicted octanol–water partition coefficient (Wildman–Crippen LogP) is 0.771. The molecular weight excluding hydrogens is 1350 g/mol. The van der Waals surface area contributed by atoms with Crippen molar-refractivity contribution < 1.29 is 85.2 Å². The second-order valence-electron chi connectivity index (χ2n) is 20.3. The van der Waals surface area contributed by atoms with Crippen molar-refractivity contribution in [3.63, 3.8) is 0 Å². The fourth-order valence-electron chi connectivity index (χ4n) is 8.95. The number of aromatic hydroxyl groups is 1. The number of fused-ring (bicyclic) bond motifs is 1. The molecule has 1 heterocycles. The summed E-state index contributed by atoms with van der Waals surface area (Å²) in [5.41, 5.74) is 8.32. The van der Waals surface area contributed by atoms with Crippen LogP contribution < -0.4 is 52.5 Å². The molecule has 0 unspecified atom stereocenters. The summed E-state index contributed by atoms with van der Waals surface area (Å²) in [6.07, 6.45) is 2.31. The molecule has 0 saturated heterocycles. The number of phenols is 1. The average molecular weight is 1420 g/mol. The summed E-state index contributed by atoms with van der Waals surface area (Å²) in [7, 11) is -4.94. The van der Waals surface area contributed by atoms with Gasteiger partial charge in [-0.1, -0.05) is 66.7 Å². The van der Waals surface area contributed by atoms with E-state index in [1.54, 1.807) is 85.4 Å². The number of halogens is 1. The lowest BCUT2D eigenvalue weighted by Gasteiger charge is -2.26. The number of amides is 9. The van der Waals surface area contributed by atoms with Crippen LogP contribution in [-0.4, -0.2) is 171 Å². The van der Waals surface area contributed by atoms with Gasteiger partial charge in [-0.05, 0) is 118 Å². The molecule has 15 N–H and O–H groups in total. The predicted molar refractivity (Wildman–Crippen MR) is 340 cm³/mol. The van der Waals surface area contributed by atoms with Gasteiger partial charge in [0.2, 0.25) is 53.2 Å². The topological polar surface area (TPSA) is 450 Å². The number of nitrogens with two attached hydrogens (primary N) is 1. The second-order valence-corrected chi connectivity index (χ2v) is 24.5. The van der Waals surface area contributed by atoms with Gasteiger partial charge in [-0.3, -0.25) is 57.3 Å². The highest BCUT2D eigenvalue weighted by Gasteiger charge is 2.35. The van der Waals surface area contributed by atoms with Crippen LogP contribution in [-0.2, 0) is 88.8 Å². The molecule has 1 aromatic heterocycles. The van der Waals surface area contributed by atoms with Crippen molar-refractivity contribution in [1.29, 1.82) is 0 Å². The quantitative estimate of drug-likeness (QED) is 0.0193. The van der Waals surface area contributed by atoms with Crippen LogP contribution >= 0.6 is 46.1 Å². The van der Waals surface area contributed by atoms with E-state index in [9.17, 15) is 81.0 Å². The zero-order valence-corrected chi connectivity index (χ0v) is 53.1. The van der Waals surface area contributed by atoms with Gasteiger partial charge >= 0.3 is 22.3 Å². The molecule has 0 radical (unpaired) electrons. The van der Waals surface area contributed by atoms with Gasteiger partial charge in [0.1, 0.15) is 53.8 Å². The van der Waals surface area contributed by atoms with E-state index in [0.29, 0.717) is 31.2 Å². The maximum Gasteiger partial charge on any atom is 0.446 e. The summed E-state index contributed by atoms with van der Waals surface area (Å²) in [6.45, 7) is -0.804. The second kappa shape index (κ2) is 35.7. The number of hydrogen-bond donors (Lipinski definition) is 14. The van der Waals surface area contributed by atoms with Crippen LogP contribution in [0.25, 0.3) is 10.9 Å². The monoisotopic (exact) mass is 1420 g/mol. The third kappa shape index (κ3) is 24.5. The molecule has 0 aliphatic carbocycles. The number of primary amides is 1. The van der Waals surface area contributed by atoms with Gasteiger partial charge in [0.25, 0.3) is 0 Å². The van der Waals surface area contributed by atoms with E-state index < -0.39 is 144 Å². The van der Waals surface area contributed by atoms with Crippen LogP contribution in [0.4, 0.5) is 0 Å². The number of aromatic amines is 1. The Morgan fingerprint density at radius 2 is 1.06 bits per heavy atom. The number of carbonyl (C=O) groups is 11. The molecule has 0 aliphatic rings. The number of aryl methyl sites for hydroxylation is 1. The molecule has 5 rings (SSSR count). The molecule has 0 saturated carbocycles. The number of aliphatic carboxylic acids is 2. The summed E-state index contributed by atoms with van der Waals surface area (Å²) >= 11 is 4.48. The highest BCUT2D eigenvalue weighted by molar-refractivity contribution is 14.1. The van der Waals surface area contributed by atoms with Crippen LogP contribution in [0.15, 0.2) is 103 Å². The fourth-order valence-corrected chi connectivity index (χ4v) is 10.8. The molecule has 32 heteroatoms. The van der Waals surface area contributed by atoms with E-state index in [1.807, 2.05) is 22.6 Å². The van der Waals surface area contributed by atoms with Gasteiger partial charge in [0.05, 0.1) is 23.0 Å². The van der Waals surface area contributed by atoms with Crippen molar-refractivity contribution in [2.45, 2.75) is 100 Å². The molecule has 7 atom stereocenters.